The highest BCUT2D eigenvalue weighted by Gasteiger charge is 2.32. The zero-order valence-electron chi connectivity index (χ0n) is 15.8. The fraction of sp³-hybridized carbons (Fsp3) is 0.556. The van der Waals surface area contributed by atoms with E-state index in [1.807, 2.05) is 0 Å². The van der Waals surface area contributed by atoms with E-state index < -0.39 is 5.95 Å². The zero-order valence-corrected chi connectivity index (χ0v) is 17.4. The van der Waals surface area contributed by atoms with Crippen molar-refractivity contribution in [3.05, 3.63) is 16.0 Å². The fourth-order valence-electron chi connectivity index (χ4n) is 3.29. The number of nitrogens with one attached hydrogen (secondary N) is 1. The lowest BCUT2D eigenvalue weighted by molar-refractivity contribution is -0.772. The topological polar surface area (TPSA) is 106 Å². The third kappa shape index (κ3) is 4.12. The van der Waals surface area contributed by atoms with Crippen LogP contribution < -0.4 is 15.1 Å². The van der Waals surface area contributed by atoms with Crippen LogP contribution in [-0.4, -0.2) is 16.9 Å². The van der Waals surface area contributed by atoms with Crippen LogP contribution in [0.15, 0.2) is 9.55 Å². The maximum Gasteiger partial charge on any atom is 0.291 e. The molecule has 1 aliphatic rings. The molecule has 144 valence electrons. The number of fused-ring (bicyclic) bond motifs is 1. The van der Waals surface area contributed by atoms with Crippen LogP contribution in [0.1, 0.15) is 43.2 Å². The van der Waals surface area contributed by atoms with Crippen molar-refractivity contribution in [3.8, 4) is 12.0 Å². The highest BCUT2D eigenvalue weighted by atomic mass is 32.2. The lowest BCUT2D eigenvalue weighted by atomic mass is 9.72. The molecule has 9 heteroatoms. The molecule has 0 aliphatic heterocycles. The second-order valence-corrected chi connectivity index (χ2v) is 9.82. The number of aryl methyl sites for hydroxylation is 1. The van der Waals surface area contributed by atoms with E-state index in [1.165, 1.54) is 20.9 Å². The Kier molecular flexibility index (Phi) is 5.49. The van der Waals surface area contributed by atoms with Gasteiger partial charge in [0, 0.05) is 4.88 Å². The number of thioether (sulfide) groups is 1. The summed E-state index contributed by atoms with van der Waals surface area (Å²) in [5.74, 6) is -0.211. The number of hydrogen-bond acceptors (Lipinski definition) is 7. The van der Waals surface area contributed by atoms with Gasteiger partial charge in [-0.15, -0.1) is 11.3 Å². The van der Waals surface area contributed by atoms with Gasteiger partial charge in [-0.05, 0) is 47.9 Å². The quantitative estimate of drug-likeness (QED) is 0.617. The summed E-state index contributed by atoms with van der Waals surface area (Å²) in [6, 6.07) is 2.26. The molecule has 0 saturated heterocycles. The minimum atomic E-state index is -0.562. The van der Waals surface area contributed by atoms with Crippen LogP contribution in [0.4, 0.5) is 5.00 Å². The van der Waals surface area contributed by atoms with Gasteiger partial charge < -0.3 is 14.9 Å². The van der Waals surface area contributed by atoms with Gasteiger partial charge in [0.2, 0.25) is 5.91 Å². The Labute approximate surface area is 166 Å². The largest absolute Gasteiger partial charge is 0.538 e. The maximum absolute atomic E-state index is 12.3. The van der Waals surface area contributed by atoms with Crippen molar-refractivity contribution in [2.24, 2.45) is 18.4 Å². The van der Waals surface area contributed by atoms with Gasteiger partial charge in [-0.1, -0.05) is 25.5 Å². The van der Waals surface area contributed by atoms with Crippen LogP contribution in [0.25, 0.3) is 0 Å². The number of hydrogen-bond donors (Lipinski definition) is 1. The van der Waals surface area contributed by atoms with E-state index in [-0.39, 0.29) is 22.1 Å². The minimum Gasteiger partial charge on any atom is -0.538 e. The summed E-state index contributed by atoms with van der Waals surface area (Å²) in [5, 5.41) is 28.3. The smallest absolute Gasteiger partial charge is 0.291 e. The molecule has 1 N–H and O–H groups in total. The lowest BCUT2D eigenvalue weighted by Crippen LogP contribution is -2.32. The maximum atomic E-state index is 12.3. The van der Waals surface area contributed by atoms with Crippen molar-refractivity contribution in [2.45, 2.75) is 45.1 Å². The molecule has 0 aromatic carbocycles. The van der Waals surface area contributed by atoms with Crippen molar-refractivity contribution in [3.63, 3.8) is 0 Å². The van der Waals surface area contributed by atoms with Crippen LogP contribution in [0.3, 0.4) is 0 Å². The number of carbonyl (C=O) groups excluding carboxylic acids is 1. The summed E-state index contributed by atoms with van der Waals surface area (Å²) in [6.45, 7) is 6.74. The van der Waals surface area contributed by atoms with Crippen molar-refractivity contribution in [1.82, 2.24) is 5.27 Å². The molecule has 2 aromatic heterocycles. The van der Waals surface area contributed by atoms with Crippen molar-refractivity contribution in [2.75, 3.05) is 11.1 Å². The molecule has 1 unspecified atom stereocenters. The van der Waals surface area contributed by atoms with Gasteiger partial charge in [0.1, 0.15) is 11.1 Å². The van der Waals surface area contributed by atoms with E-state index in [0.29, 0.717) is 16.5 Å². The first-order valence-electron chi connectivity index (χ1n) is 8.71. The predicted molar refractivity (Wildman–Crippen MR) is 100 cm³/mol. The molecule has 27 heavy (non-hydrogen) atoms. The number of rotatable bonds is 4. The number of anilines is 1. The summed E-state index contributed by atoms with van der Waals surface area (Å²) in [5.41, 5.74) is 1.89. The molecule has 1 atom stereocenters. The van der Waals surface area contributed by atoms with Crippen molar-refractivity contribution in [1.29, 1.82) is 5.26 Å². The van der Waals surface area contributed by atoms with E-state index in [9.17, 15) is 15.2 Å². The van der Waals surface area contributed by atoms with Crippen LogP contribution in [0, 0.1) is 22.7 Å². The Morgan fingerprint density at radius 1 is 1.56 bits per heavy atom. The van der Waals surface area contributed by atoms with Crippen LogP contribution in [0.5, 0.6) is 5.95 Å². The Hall–Kier alpha value is -2.05. The number of amides is 1. The number of nitrogens with zero attached hydrogens (tertiary/aromatic N) is 3. The Morgan fingerprint density at radius 2 is 2.30 bits per heavy atom. The number of carbonyl (C=O) groups is 1. The second-order valence-electron chi connectivity index (χ2n) is 7.75. The lowest BCUT2D eigenvalue weighted by Gasteiger charge is -2.33. The van der Waals surface area contributed by atoms with Gasteiger partial charge in [-0.3, -0.25) is 4.79 Å². The predicted octanol–water partition coefficient (Wildman–Crippen LogP) is 2.39. The Morgan fingerprint density at radius 3 is 2.89 bits per heavy atom. The van der Waals surface area contributed by atoms with E-state index in [2.05, 4.69) is 42.0 Å². The molecule has 0 bridgehead atoms. The first kappa shape index (κ1) is 19.7. The van der Waals surface area contributed by atoms with Gasteiger partial charge in [-0.2, -0.15) is 5.26 Å². The average molecular weight is 407 g/mol. The number of nitriles is 1. The normalized spacial score (nSPS) is 16.6. The highest BCUT2D eigenvalue weighted by molar-refractivity contribution is 7.99. The van der Waals surface area contributed by atoms with Crippen molar-refractivity contribution >= 4 is 34.0 Å². The van der Waals surface area contributed by atoms with Gasteiger partial charge in [0.05, 0.1) is 16.6 Å². The third-order valence-corrected chi connectivity index (χ3v) is 7.19. The summed E-state index contributed by atoms with van der Waals surface area (Å²) >= 11 is 2.57. The monoisotopic (exact) mass is 406 g/mol. The molecule has 0 spiro atoms. The third-order valence-electron chi connectivity index (χ3n) is 4.91. The molecular formula is C18H22N4O3S2. The standard InChI is InChI=1S/C18H22N4O3S2/c1-18(2,3)10-5-6-11-12(8-19)15(27-13(11)7-10)20-14(23)9-26-16-17(24)25-21-22(16)4/h10H,5-7,9H2,1-4H3,(H-,20,21,23,24). The van der Waals surface area contributed by atoms with Gasteiger partial charge in [-0.25, -0.2) is 0 Å². The molecule has 3 rings (SSSR count). The Balaban J connectivity index is 1.71. The molecular weight excluding hydrogens is 384 g/mol. The zero-order chi connectivity index (χ0) is 19.8. The van der Waals surface area contributed by atoms with Crippen molar-refractivity contribution < 1.29 is 19.1 Å². The summed E-state index contributed by atoms with van der Waals surface area (Å²) in [4.78, 5) is 13.5. The molecule has 1 amide bonds. The number of thiophene rings is 1. The van der Waals surface area contributed by atoms with Gasteiger partial charge in [0.15, 0.2) is 13.0 Å². The van der Waals surface area contributed by atoms with Crippen LogP contribution >= 0.6 is 23.1 Å². The second kappa shape index (κ2) is 7.52. The van der Waals surface area contributed by atoms with Crippen LogP contribution in [0.2, 0.25) is 0 Å². The Bertz CT molecular complexity index is 886. The summed E-state index contributed by atoms with van der Waals surface area (Å²) < 4.78 is 5.84. The highest BCUT2D eigenvalue weighted by Crippen LogP contribution is 2.44. The van der Waals surface area contributed by atoms with Gasteiger partial charge in [0.25, 0.3) is 5.03 Å². The molecule has 2 aromatic rings. The average Bonchev–Trinajstić information content (AvgIpc) is 3.10. The van der Waals surface area contributed by atoms with E-state index >= 15 is 0 Å². The van der Waals surface area contributed by atoms with Crippen LogP contribution in [-0.2, 0) is 24.7 Å². The first-order valence-corrected chi connectivity index (χ1v) is 10.5. The first-order chi connectivity index (χ1) is 12.7. The van der Waals surface area contributed by atoms with E-state index in [1.54, 1.807) is 7.05 Å². The van der Waals surface area contributed by atoms with E-state index in [0.717, 1.165) is 36.6 Å². The van der Waals surface area contributed by atoms with E-state index in [4.69, 9.17) is 0 Å². The summed E-state index contributed by atoms with van der Waals surface area (Å²) in [6.07, 6.45) is 2.87. The molecule has 0 fully saturated rings. The summed E-state index contributed by atoms with van der Waals surface area (Å²) in [7, 11) is 1.58. The molecule has 0 radical (unpaired) electrons. The molecule has 1 aliphatic carbocycles. The molecule has 0 saturated carbocycles. The van der Waals surface area contributed by atoms with Gasteiger partial charge >= 0.3 is 0 Å². The molecule has 2 heterocycles. The number of aromatic nitrogens is 2. The fourth-order valence-corrected chi connectivity index (χ4v) is 5.30. The minimum absolute atomic E-state index is 0.0440. The molecule has 7 nitrogen and oxygen atoms in total. The SMILES string of the molecule is C[n+]1noc([O-])c1SCC(=O)Nc1sc2c(c1C#N)CCC(C(C)(C)C)C2.